The standard InChI is InChI=1S/C21H20BrFN4O2/c22-15-4-3-5-16(20(15)23)26-21-14-8-19-18(9-17(14)24-12-25-21)28-11-13(29-19)10-27-6-1-2-7-27/h3-5,8-9,12-13H,1-2,6-7,10-11H2,(H,24,25,26)/t13-/m0/s1. The number of benzene rings is 2. The molecule has 0 aliphatic carbocycles. The molecule has 3 heterocycles. The van der Waals surface area contributed by atoms with Gasteiger partial charge in [0.1, 0.15) is 24.9 Å². The zero-order valence-electron chi connectivity index (χ0n) is 15.7. The summed E-state index contributed by atoms with van der Waals surface area (Å²) in [7, 11) is 0. The first-order valence-corrected chi connectivity index (χ1v) is 10.5. The predicted molar refractivity (Wildman–Crippen MR) is 113 cm³/mol. The Kier molecular flexibility index (Phi) is 4.97. The first-order chi connectivity index (χ1) is 14.2. The molecule has 0 bridgehead atoms. The van der Waals surface area contributed by atoms with Gasteiger partial charge in [-0.05, 0) is 60.1 Å². The van der Waals surface area contributed by atoms with E-state index in [4.69, 9.17) is 9.47 Å². The highest BCUT2D eigenvalue weighted by atomic mass is 79.9. The van der Waals surface area contributed by atoms with Gasteiger partial charge in [-0.15, -0.1) is 0 Å². The third kappa shape index (κ3) is 3.74. The Labute approximate surface area is 176 Å². The lowest BCUT2D eigenvalue weighted by Crippen LogP contribution is -2.39. The lowest BCUT2D eigenvalue weighted by molar-refractivity contribution is 0.0653. The van der Waals surface area contributed by atoms with Gasteiger partial charge in [0, 0.05) is 18.0 Å². The molecule has 2 aliphatic rings. The van der Waals surface area contributed by atoms with E-state index < -0.39 is 0 Å². The van der Waals surface area contributed by atoms with Crippen molar-refractivity contribution >= 4 is 38.3 Å². The third-order valence-electron chi connectivity index (χ3n) is 5.28. The number of likely N-dealkylation sites (tertiary alicyclic amines) is 1. The minimum atomic E-state index is -0.373. The Morgan fingerprint density at radius 2 is 2.03 bits per heavy atom. The molecule has 3 aromatic rings. The van der Waals surface area contributed by atoms with E-state index in [1.54, 1.807) is 18.2 Å². The molecule has 0 unspecified atom stereocenters. The molecule has 0 spiro atoms. The maximum Gasteiger partial charge on any atom is 0.163 e. The Morgan fingerprint density at radius 1 is 1.17 bits per heavy atom. The molecule has 1 aromatic heterocycles. The van der Waals surface area contributed by atoms with Gasteiger partial charge < -0.3 is 14.8 Å². The van der Waals surface area contributed by atoms with E-state index >= 15 is 0 Å². The Bertz CT molecular complexity index is 1060. The second kappa shape index (κ2) is 7.76. The van der Waals surface area contributed by atoms with Gasteiger partial charge in [0.2, 0.25) is 0 Å². The lowest BCUT2D eigenvalue weighted by Gasteiger charge is -2.29. The number of nitrogens with zero attached hydrogens (tertiary/aromatic N) is 3. The van der Waals surface area contributed by atoms with Crippen molar-refractivity contribution in [1.29, 1.82) is 0 Å². The van der Waals surface area contributed by atoms with Crippen LogP contribution in [0.15, 0.2) is 41.1 Å². The highest BCUT2D eigenvalue weighted by molar-refractivity contribution is 9.10. The van der Waals surface area contributed by atoms with Gasteiger partial charge in [0.25, 0.3) is 0 Å². The summed E-state index contributed by atoms with van der Waals surface area (Å²) in [6.45, 7) is 3.61. The molecular formula is C21H20BrFN4O2. The summed E-state index contributed by atoms with van der Waals surface area (Å²) in [6.07, 6.45) is 3.93. The van der Waals surface area contributed by atoms with E-state index in [0.29, 0.717) is 39.6 Å². The molecule has 1 saturated heterocycles. The monoisotopic (exact) mass is 458 g/mol. The Hall–Kier alpha value is -2.45. The van der Waals surface area contributed by atoms with E-state index in [0.717, 1.165) is 25.0 Å². The number of aromatic nitrogens is 2. The largest absolute Gasteiger partial charge is 0.486 e. The SMILES string of the molecule is Fc1c(Br)cccc1Nc1ncnc2cc3c(cc12)O[C@@H](CN1CCCC1)CO3. The lowest BCUT2D eigenvalue weighted by atomic mass is 10.1. The number of fused-ring (bicyclic) bond motifs is 2. The van der Waals surface area contributed by atoms with Crippen LogP contribution in [0.1, 0.15) is 12.8 Å². The molecule has 0 amide bonds. The quantitative estimate of drug-likeness (QED) is 0.620. The van der Waals surface area contributed by atoms with E-state index in [1.807, 2.05) is 12.1 Å². The molecule has 8 heteroatoms. The summed E-state index contributed by atoms with van der Waals surface area (Å²) in [5.74, 6) is 1.48. The number of halogens is 2. The van der Waals surface area contributed by atoms with Gasteiger partial charge >= 0.3 is 0 Å². The highest BCUT2D eigenvalue weighted by Gasteiger charge is 2.26. The van der Waals surface area contributed by atoms with Crippen LogP contribution in [-0.4, -0.2) is 47.2 Å². The van der Waals surface area contributed by atoms with Crippen molar-refractivity contribution in [2.45, 2.75) is 18.9 Å². The molecule has 1 atom stereocenters. The zero-order chi connectivity index (χ0) is 19.8. The first-order valence-electron chi connectivity index (χ1n) is 9.69. The summed E-state index contributed by atoms with van der Waals surface area (Å²) < 4.78 is 27.0. The van der Waals surface area contributed by atoms with Gasteiger partial charge in [-0.25, -0.2) is 14.4 Å². The zero-order valence-corrected chi connectivity index (χ0v) is 17.3. The summed E-state index contributed by atoms with van der Waals surface area (Å²) in [5, 5.41) is 3.82. The van der Waals surface area contributed by atoms with Crippen LogP contribution in [0.4, 0.5) is 15.9 Å². The maximum atomic E-state index is 14.4. The van der Waals surface area contributed by atoms with Crippen molar-refractivity contribution in [3.05, 3.63) is 46.9 Å². The Balaban J connectivity index is 1.45. The molecule has 6 nitrogen and oxygen atoms in total. The average Bonchev–Trinajstić information content (AvgIpc) is 3.23. The second-order valence-corrected chi connectivity index (χ2v) is 8.18. The number of ether oxygens (including phenoxy) is 2. The number of rotatable bonds is 4. The van der Waals surface area contributed by atoms with Gasteiger partial charge in [-0.3, -0.25) is 4.90 Å². The fraction of sp³-hybridized carbons (Fsp3) is 0.333. The number of nitrogens with one attached hydrogen (secondary N) is 1. The number of hydrogen-bond donors (Lipinski definition) is 1. The molecule has 1 fully saturated rings. The molecule has 2 aromatic carbocycles. The van der Waals surface area contributed by atoms with Crippen LogP contribution in [0.5, 0.6) is 11.5 Å². The summed E-state index contributed by atoms with van der Waals surface area (Å²) in [5.41, 5.74) is 1.04. The van der Waals surface area contributed by atoms with Crippen molar-refractivity contribution in [1.82, 2.24) is 14.9 Å². The molecule has 0 saturated carbocycles. The van der Waals surface area contributed by atoms with Crippen LogP contribution in [0.25, 0.3) is 10.9 Å². The molecule has 150 valence electrons. The van der Waals surface area contributed by atoms with Crippen molar-refractivity contribution in [3.8, 4) is 11.5 Å². The van der Waals surface area contributed by atoms with Gasteiger partial charge in [0.05, 0.1) is 15.7 Å². The normalized spacial score (nSPS) is 18.9. The fourth-order valence-electron chi connectivity index (χ4n) is 3.84. The van der Waals surface area contributed by atoms with E-state index in [9.17, 15) is 4.39 Å². The van der Waals surface area contributed by atoms with Crippen LogP contribution < -0.4 is 14.8 Å². The van der Waals surface area contributed by atoms with E-state index in [1.165, 1.54) is 19.2 Å². The van der Waals surface area contributed by atoms with Crippen LogP contribution in [0.3, 0.4) is 0 Å². The Morgan fingerprint density at radius 3 is 2.90 bits per heavy atom. The second-order valence-electron chi connectivity index (χ2n) is 7.32. The van der Waals surface area contributed by atoms with Crippen LogP contribution in [0, 0.1) is 5.82 Å². The van der Waals surface area contributed by atoms with Gasteiger partial charge in [-0.2, -0.15) is 0 Å². The molecule has 1 N–H and O–H groups in total. The van der Waals surface area contributed by atoms with Crippen molar-refractivity contribution < 1.29 is 13.9 Å². The van der Waals surface area contributed by atoms with Gasteiger partial charge in [-0.1, -0.05) is 6.07 Å². The molecule has 29 heavy (non-hydrogen) atoms. The fourth-order valence-corrected chi connectivity index (χ4v) is 4.20. The third-order valence-corrected chi connectivity index (χ3v) is 5.90. The van der Waals surface area contributed by atoms with Crippen molar-refractivity contribution in [2.24, 2.45) is 0 Å². The molecule has 0 radical (unpaired) electrons. The average molecular weight is 459 g/mol. The minimum absolute atomic E-state index is 0.0124. The number of hydrogen-bond acceptors (Lipinski definition) is 6. The maximum absolute atomic E-state index is 14.4. The highest BCUT2D eigenvalue weighted by Crippen LogP contribution is 2.38. The van der Waals surface area contributed by atoms with Crippen LogP contribution >= 0.6 is 15.9 Å². The van der Waals surface area contributed by atoms with E-state index in [-0.39, 0.29) is 11.9 Å². The smallest absolute Gasteiger partial charge is 0.163 e. The van der Waals surface area contributed by atoms with Gasteiger partial charge in [0.15, 0.2) is 17.3 Å². The van der Waals surface area contributed by atoms with Crippen LogP contribution in [0.2, 0.25) is 0 Å². The molecular weight excluding hydrogens is 439 g/mol. The van der Waals surface area contributed by atoms with Crippen molar-refractivity contribution in [2.75, 3.05) is 31.6 Å². The summed E-state index contributed by atoms with van der Waals surface area (Å²) in [4.78, 5) is 11.1. The topological polar surface area (TPSA) is 59.5 Å². The molecule has 5 rings (SSSR count). The predicted octanol–water partition coefficient (Wildman–Crippen LogP) is 4.51. The summed E-state index contributed by atoms with van der Waals surface area (Å²) in [6, 6.07) is 8.80. The minimum Gasteiger partial charge on any atom is -0.486 e. The molecule has 2 aliphatic heterocycles. The summed E-state index contributed by atoms with van der Waals surface area (Å²) >= 11 is 3.21. The first kappa shape index (κ1) is 18.6. The number of anilines is 2. The van der Waals surface area contributed by atoms with Crippen LogP contribution in [-0.2, 0) is 0 Å². The van der Waals surface area contributed by atoms with Crippen molar-refractivity contribution in [3.63, 3.8) is 0 Å². The van der Waals surface area contributed by atoms with E-state index in [2.05, 4.69) is 36.1 Å².